The number of aromatic nitrogens is 4. The van der Waals surface area contributed by atoms with Gasteiger partial charge in [-0.1, -0.05) is 26.0 Å². The molecule has 30 heavy (non-hydrogen) atoms. The van der Waals surface area contributed by atoms with Crippen molar-refractivity contribution in [1.29, 1.82) is 0 Å². The van der Waals surface area contributed by atoms with Gasteiger partial charge in [-0.05, 0) is 43.5 Å². The summed E-state index contributed by atoms with van der Waals surface area (Å²) in [5, 5.41) is 3.33. The average Bonchev–Trinajstić information content (AvgIpc) is 3.34. The van der Waals surface area contributed by atoms with E-state index in [2.05, 4.69) is 65.3 Å². The standard InChI is InChI=1S/C22H26N6O2/c1-14(2)19-13-30-22(29)28(19)20-9-10-24-21(26-20)25-15(3)17-5-7-18(8-6-17)27-12-11-23-16(27)4/h5-12,14-15,19H,13H2,1-4H3,(H,24,25,26)/t15?,19-/m1/s1. The molecule has 4 rings (SSSR count). The van der Waals surface area contributed by atoms with E-state index in [-0.39, 0.29) is 24.1 Å². The van der Waals surface area contributed by atoms with Crippen LogP contribution in [-0.2, 0) is 4.74 Å². The first kappa shape index (κ1) is 19.9. The molecule has 1 aliphatic rings. The Balaban J connectivity index is 1.50. The Morgan fingerprint density at radius 1 is 1.10 bits per heavy atom. The molecule has 2 atom stereocenters. The van der Waals surface area contributed by atoms with Gasteiger partial charge in [-0.15, -0.1) is 0 Å². The largest absolute Gasteiger partial charge is 0.447 e. The molecule has 1 aliphatic heterocycles. The Labute approximate surface area is 175 Å². The van der Waals surface area contributed by atoms with Crippen LogP contribution in [0.15, 0.2) is 48.9 Å². The maximum atomic E-state index is 12.2. The molecule has 0 bridgehead atoms. The smallest absolute Gasteiger partial charge is 0.415 e. The molecule has 1 amide bonds. The third-order valence-electron chi connectivity index (χ3n) is 5.41. The molecule has 3 aromatic rings. The Kier molecular flexibility index (Phi) is 5.39. The van der Waals surface area contributed by atoms with Crippen molar-refractivity contribution in [3.8, 4) is 5.69 Å². The van der Waals surface area contributed by atoms with Crippen molar-refractivity contribution in [1.82, 2.24) is 19.5 Å². The molecule has 8 nitrogen and oxygen atoms in total. The highest BCUT2D eigenvalue weighted by atomic mass is 16.6. The lowest BCUT2D eigenvalue weighted by molar-refractivity contribution is 0.177. The number of aryl methyl sites for hydroxylation is 1. The molecule has 0 radical (unpaired) electrons. The minimum atomic E-state index is -0.364. The van der Waals surface area contributed by atoms with Crippen LogP contribution >= 0.6 is 0 Å². The third-order valence-corrected chi connectivity index (χ3v) is 5.41. The molecule has 1 N–H and O–H groups in total. The van der Waals surface area contributed by atoms with Crippen molar-refractivity contribution >= 4 is 17.9 Å². The summed E-state index contributed by atoms with van der Waals surface area (Å²) in [6.45, 7) is 8.54. The van der Waals surface area contributed by atoms with Crippen LogP contribution in [-0.4, -0.2) is 38.3 Å². The first-order valence-corrected chi connectivity index (χ1v) is 10.1. The quantitative estimate of drug-likeness (QED) is 0.663. The molecule has 3 heterocycles. The monoisotopic (exact) mass is 406 g/mol. The predicted molar refractivity (Wildman–Crippen MR) is 115 cm³/mol. The number of anilines is 2. The summed E-state index contributed by atoms with van der Waals surface area (Å²) in [6, 6.07) is 9.97. The second kappa shape index (κ2) is 8.14. The van der Waals surface area contributed by atoms with Gasteiger partial charge in [-0.3, -0.25) is 4.90 Å². The summed E-state index contributed by atoms with van der Waals surface area (Å²) in [6.07, 6.45) is 5.03. The molecule has 1 unspecified atom stereocenters. The normalized spacial score (nSPS) is 17.3. The summed E-state index contributed by atoms with van der Waals surface area (Å²) in [5.41, 5.74) is 2.16. The van der Waals surface area contributed by atoms with Crippen LogP contribution in [0.25, 0.3) is 5.69 Å². The van der Waals surface area contributed by atoms with E-state index in [0.717, 1.165) is 17.1 Å². The number of imidazole rings is 1. The van der Waals surface area contributed by atoms with Gasteiger partial charge >= 0.3 is 6.09 Å². The van der Waals surface area contributed by atoms with Crippen LogP contribution in [0.5, 0.6) is 0 Å². The van der Waals surface area contributed by atoms with Gasteiger partial charge in [0, 0.05) is 24.3 Å². The first-order valence-electron chi connectivity index (χ1n) is 10.1. The summed E-state index contributed by atoms with van der Waals surface area (Å²) in [7, 11) is 0. The fraction of sp³-hybridized carbons (Fsp3) is 0.364. The van der Waals surface area contributed by atoms with E-state index >= 15 is 0 Å². The van der Waals surface area contributed by atoms with Gasteiger partial charge in [0.1, 0.15) is 18.2 Å². The Morgan fingerprint density at radius 2 is 1.87 bits per heavy atom. The Bertz CT molecular complexity index is 1030. The topological polar surface area (TPSA) is 85.2 Å². The van der Waals surface area contributed by atoms with Gasteiger partial charge in [0.05, 0.1) is 12.1 Å². The number of cyclic esters (lactones) is 1. The highest BCUT2D eigenvalue weighted by Gasteiger charge is 2.37. The summed E-state index contributed by atoms with van der Waals surface area (Å²) < 4.78 is 7.27. The van der Waals surface area contributed by atoms with Gasteiger partial charge in [-0.25, -0.2) is 14.8 Å². The number of benzene rings is 1. The molecule has 1 fully saturated rings. The van der Waals surface area contributed by atoms with Crippen molar-refractivity contribution in [2.75, 3.05) is 16.8 Å². The van der Waals surface area contributed by atoms with Gasteiger partial charge in [0.2, 0.25) is 5.95 Å². The summed E-state index contributed by atoms with van der Waals surface area (Å²) >= 11 is 0. The van der Waals surface area contributed by atoms with E-state index in [1.54, 1.807) is 23.4 Å². The molecule has 8 heteroatoms. The van der Waals surface area contributed by atoms with Crippen molar-refractivity contribution in [3.05, 3.63) is 60.3 Å². The van der Waals surface area contributed by atoms with Gasteiger partial charge in [0.15, 0.2) is 0 Å². The van der Waals surface area contributed by atoms with Crippen LogP contribution in [0.2, 0.25) is 0 Å². The lowest BCUT2D eigenvalue weighted by Crippen LogP contribution is -2.37. The Hall–Kier alpha value is -3.42. The number of nitrogens with zero attached hydrogens (tertiary/aromatic N) is 5. The molecular formula is C22H26N6O2. The molecule has 0 saturated carbocycles. The number of hydrogen-bond acceptors (Lipinski definition) is 6. The summed E-state index contributed by atoms with van der Waals surface area (Å²) in [4.78, 5) is 27.0. The maximum absolute atomic E-state index is 12.2. The van der Waals surface area contributed by atoms with Gasteiger partial charge in [0.25, 0.3) is 0 Å². The molecule has 0 aliphatic carbocycles. The van der Waals surface area contributed by atoms with Crippen LogP contribution in [0.1, 0.15) is 38.2 Å². The number of nitrogens with one attached hydrogen (secondary N) is 1. The van der Waals surface area contributed by atoms with Crippen LogP contribution in [0.4, 0.5) is 16.6 Å². The van der Waals surface area contributed by atoms with E-state index in [9.17, 15) is 4.79 Å². The Morgan fingerprint density at radius 3 is 2.53 bits per heavy atom. The number of ether oxygens (including phenoxy) is 1. The van der Waals surface area contributed by atoms with E-state index in [4.69, 9.17) is 4.74 Å². The zero-order chi connectivity index (χ0) is 21.3. The third kappa shape index (κ3) is 3.85. The van der Waals surface area contributed by atoms with Crippen LogP contribution in [0.3, 0.4) is 0 Å². The number of amides is 1. The van der Waals surface area contributed by atoms with Gasteiger partial charge < -0.3 is 14.6 Å². The SMILES string of the molecule is Cc1nccn1-c1ccc(C(C)Nc2nccc(N3C(=O)OC[C@@H]3C(C)C)n2)cc1. The highest BCUT2D eigenvalue weighted by molar-refractivity contribution is 5.89. The number of rotatable bonds is 6. The van der Waals surface area contributed by atoms with Crippen LogP contribution < -0.4 is 10.2 Å². The lowest BCUT2D eigenvalue weighted by Gasteiger charge is -2.23. The number of hydrogen-bond donors (Lipinski definition) is 1. The van der Waals surface area contributed by atoms with E-state index in [1.807, 2.05) is 17.7 Å². The average molecular weight is 406 g/mol. The summed E-state index contributed by atoms with van der Waals surface area (Å²) in [5.74, 6) is 2.22. The van der Waals surface area contributed by atoms with E-state index in [1.165, 1.54) is 0 Å². The molecule has 0 spiro atoms. The fourth-order valence-electron chi connectivity index (χ4n) is 3.59. The molecule has 2 aromatic heterocycles. The molecule has 1 saturated heterocycles. The van der Waals surface area contributed by atoms with Crippen molar-refractivity contribution in [3.63, 3.8) is 0 Å². The highest BCUT2D eigenvalue weighted by Crippen LogP contribution is 2.27. The minimum absolute atomic E-state index is 0.00962. The second-order valence-corrected chi connectivity index (χ2v) is 7.80. The fourth-order valence-corrected chi connectivity index (χ4v) is 3.59. The van der Waals surface area contributed by atoms with Crippen molar-refractivity contribution in [2.45, 2.75) is 39.8 Å². The van der Waals surface area contributed by atoms with Crippen LogP contribution in [0, 0.1) is 12.8 Å². The van der Waals surface area contributed by atoms with Gasteiger partial charge in [-0.2, -0.15) is 4.98 Å². The zero-order valence-corrected chi connectivity index (χ0v) is 17.6. The predicted octanol–water partition coefficient (Wildman–Crippen LogP) is 4.13. The second-order valence-electron chi connectivity index (χ2n) is 7.80. The lowest BCUT2D eigenvalue weighted by atomic mass is 10.0. The molecule has 156 valence electrons. The maximum Gasteiger partial charge on any atom is 0.415 e. The molecular weight excluding hydrogens is 380 g/mol. The van der Waals surface area contributed by atoms with Crippen molar-refractivity contribution < 1.29 is 9.53 Å². The molecule has 1 aromatic carbocycles. The number of carbonyl (C=O) groups is 1. The minimum Gasteiger partial charge on any atom is -0.447 e. The first-order chi connectivity index (χ1) is 14.4. The van der Waals surface area contributed by atoms with E-state index < -0.39 is 0 Å². The zero-order valence-electron chi connectivity index (χ0n) is 17.6. The van der Waals surface area contributed by atoms with E-state index in [0.29, 0.717) is 18.4 Å². The number of carbonyl (C=O) groups excluding carboxylic acids is 1. The van der Waals surface area contributed by atoms with Crippen molar-refractivity contribution in [2.24, 2.45) is 5.92 Å².